The van der Waals surface area contributed by atoms with Gasteiger partial charge in [-0.2, -0.15) is 0 Å². The second-order valence-electron chi connectivity index (χ2n) is 6.58. The van der Waals surface area contributed by atoms with Gasteiger partial charge in [-0.05, 0) is 42.0 Å². The average Bonchev–Trinajstić information content (AvgIpc) is 3.04. The highest BCUT2D eigenvalue weighted by molar-refractivity contribution is 5.83. The zero-order valence-electron chi connectivity index (χ0n) is 15.3. The summed E-state index contributed by atoms with van der Waals surface area (Å²) in [6.45, 7) is 4.76. The van der Waals surface area contributed by atoms with Crippen LogP contribution in [0.1, 0.15) is 47.2 Å². The van der Waals surface area contributed by atoms with Gasteiger partial charge in [-0.1, -0.05) is 61.9 Å². The van der Waals surface area contributed by atoms with E-state index in [1.807, 2.05) is 16.7 Å². The molecule has 4 heteroatoms. The van der Waals surface area contributed by atoms with Crippen molar-refractivity contribution in [3.63, 3.8) is 0 Å². The molecule has 0 aliphatic rings. The molecule has 3 rings (SSSR count). The predicted octanol–water partition coefficient (Wildman–Crippen LogP) is 4.95. The number of carboxylic acids is 1. The largest absolute Gasteiger partial charge is 0.475 e. The number of hydrogen-bond acceptors (Lipinski definition) is 2. The van der Waals surface area contributed by atoms with E-state index in [2.05, 4.69) is 55.2 Å². The molecule has 0 amide bonds. The molecule has 0 atom stereocenters. The Bertz CT molecular complexity index is 895. The first-order chi connectivity index (χ1) is 12.6. The molecule has 0 spiro atoms. The number of nitrogens with zero attached hydrogens (tertiary/aromatic N) is 2. The summed E-state index contributed by atoms with van der Waals surface area (Å²) in [5.74, 6) is -0.872. The Morgan fingerprint density at radius 2 is 1.85 bits per heavy atom. The fourth-order valence-corrected chi connectivity index (χ4v) is 3.18. The number of hydrogen-bond donors (Lipinski definition) is 1. The van der Waals surface area contributed by atoms with Crippen molar-refractivity contribution in [1.29, 1.82) is 0 Å². The van der Waals surface area contributed by atoms with Gasteiger partial charge in [-0.3, -0.25) is 0 Å². The molecule has 0 aliphatic heterocycles. The van der Waals surface area contributed by atoms with Crippen LogP contribution in [-0.4, -0.2) is 20.6 Å². The SMILES string of the molecule is CCCCc1cnc(C(=O)O)n1Cc1ccc(-c2ccccc2C)cc1. The summed E-state index contributed by atoms with van der Waals surface area (Å²) in [5.41, 5.74) is 5.68. The van der Waals surface area contributed by atoms with Crippen LogP contribution >= 0.6 is 0 Å². The predicted molar refractivity (Wildman–Crippen MR) is 104 cm³/mol. The lowest BCUT2D eigenvalue weighted by molar-refractivity contribution is 0.0678. The summed E-state index contributed by atoms with van der Waals surface area (Å²) in [5, 5.41) is 9.42. The number of aromatic nitrogens is 2. The molecule has 2 aromatic carbocycles. The minimum atomic E-state index is -0.982. The molecular weight excluding hydrogens is 324 g/mol. The number of unbranched alkanes of at least 4 members (excludes halogenated alkanes) is 1. The third-order valence-electron chi connectivity index (χ3n) is 4.67. The summed E-state index contributed by atoms with van der Waals surface area (Å²) in [6.07, 6.45) is 4.63. The van der Waals surface area contributed by atoms with Crippen molar-refractivity contribution in [2.75, 3.05) is 0 Å². The van der Waals surface area contributed by atoms with Crippen molar-refractivity contribution < 1.29 is 9.90 Å². The average molecular weight is 348 g/mol. The zero-order chi connectivity index (χ0) is 18.5. The molecule has 0 aliphatic carbocycles. The molecule has 0 bridgehead atoms. The van der Waals surface area contributed by atoms with Crippen molar-refractivity contribution in [2.24, 2.45) is 0 Å². The monoisotopic (exact) mass is 348 g/mol. The van der Waals surface area contributed by atoms with Crippen LogP contribution in [0, 0.1) is 6.92 Å². The number of carboxylic acid groups (broad SMARTS) is 1. The maximum atomic E-state index is 11.5. The smallest absolute Gasteiger partial charge is 0.372 e. The van der Waals surface area contributed by atoms with Crippen LogP contribution in [0.5, 0.6) is 0 Å². The lowest BCUT2D eigenvalue weighted by atomic mass is 9.99. The number of aryl methyl sites for hydroxylation is 2. The molecule has 3 aromatic rings. The molecule has 0 saturated carbocycles. The van der Waals surface area contributed by atoms with Gasteiger partial charge < -0.3 is 9.67 Å². The molecule has 0 radical (unpaired) electrons. The van der Waals surface area contributed by atoms with Gasteiger partial charge in [0.15, 0.2) is 0 Å². The Labute approximate surface area is 154 Å². The molecule has 1 aromatic heterocycles. The normalized spacial score (nSPS) is 10.8. The Balaban J connectivity index is 1.86. The Morgan fingerprint density at radius 1 is 1.12 bits per heavy atom. The standard InChI is InChI=1S/C22H24N2O2/c1-3-4-8-19-14-23-21(22(25)26)24(19)15-17-10-12-18(13-11-17)20-9-6-5-7-16(20)2/h5-7,9-14H,3-4,8,15H2,1-2H3,(H,25,26). The number of imidazole rings is 1. The van der Waals surface area contributed by atoms with Gasteiger partial charge in [-0.15, -0.1) is 0 Å². The van der Waals surface area contributed by atoms with Crippen LogP contribution in [0.25, 0.3) is 11.1 Å². The van der Waals surface area contributed by atoms with Gasteiger partial charge >= 0.3 is 5.97 Å². The number of rotatable bonds is 7. The van der Waals surface area contributed by atoms with Crippen LogP contribution in [0.3, 0.4) is 0 Å². The van der Waals surface area contributed by atoms with Gasteiger partial charge in [0.2, 0.25) is 5.82 Å². The highest BCUT2D eigenvalue weighted by Crippen LogP contribution is 2.24. The number of carbonyl (C=O) groups is 1. The third-order valence-corrected chi connectivity index (χ3v) is 4.67. The first-order valence-corrected chi connectivity index (χ1v) is 9.02. The molecule has 1 heterocycles. The molecule has 4 nitrogen and oxygen atoms in total. The van der Waals surface area contributed by atoms with E-state index in [-0.39, 0.29) is 5.82 Å². The second kappa shape index (κ2) is 8.00. The Hall–Kier alpha value is -2.88. The zero-order valence-corrected chi connectivity index (χ0v) is 15.3. The minimum Gasteiger partial charge on any atom is -0.475 e. The first kappa shape index (κ1) is 17.9. The van der Waals surface area contributed by atoms with E-state index in [4.69, 9.17) is 0 Å². The van der Waals surface area contributed by atoms with Crippen LogP contribution in [0.15, 0.2) is 54.7 Å². The van der Waals surface area contributed by atoms with Crippen LogP contribution in [-0.2, 0) is 13.0 Å². The van der Waals surface area contributed by atoms with E-state index in [1.54, 1.807) is 6.20 Å². The van der Waals surface area contributed by atoms with Gasteiger partial charge in [-0.25, -0.2) is 9.78 Å². The molecule has 0 fully saturated rings. The summed E-state index contributed by atoms with van der Waals surface area (Å²) in [6, 6.07) is 16.6. The quantitative estimate of drug-likeness (QED) is 0.657. The fourth-order valence-electron chi connectivity index (χ4n) is 3.18. The molecule has 26 heavy (non-hydrogen) atoms. The van der Waals surface area contributed by atoms with Crippen molar-refractivity contribution in [2.45, 2.75) is 39.7 Å². The van der Waals surface area contributed by atoms with Crippen molar-refractivity contribution >= 4 is 5.97 Å². The van der Waals surface area contributed by atoms with Crippen molar-refractivity contribution in [3.05, 3.63) is 77.4 Å². The van der Waals surface area contributed by atoms with Gasteiger partial charge in [0, 0.05) is 18.4 Å². The van der Waals surface area contributed by atoms with E-state index in [9.17, 15) is 9.90 Å². The summed E-state index contributed by atoms with van der Waals surface area (Å²) in [4.78, 5) is 15.6. The van der Waals surface area contributed by atoms with Crippen LogP contribution in [0.2, 0.25) is 0 Å². The van der Waals surface area contributed by atoms with E-state index >= 15 is 0 Å². The lowest BCUT2D eigenvalue weighted by Crippen LogP contribution is -2.13. The second-order valence-corrected chi connectivity index (χ2v) is 6.58. The third kappa shape index (κ3) is 3.85. The van der Waals surface area contributed by atoms with Gasteiger partial charge in [0.05, 0.1) is 0 Å². The van der Waals surface area contributed by atoms with Crippen LogP contribution < -0.4 is 0 Å². The minimum absolute atomic E-state index is 0.110. The number of benzene rings is 2. The molecular formula is C22H24N2O2. The maximum absolute atomic E-state index is 11.5. The molecule has 1 N–H and O–H groups in total. The van der Waals surface area contributed by atoms with Gasteiger partial charge in [0.25, 0.3) is 0 Å². The fraction of sp³-hybridized carbons (Fsp3) is 0.273. The summed E-state index contributed by atoms with van der Waals surface area (Å²) < 4.78 is 1.82. The molecule has 0 unspecified atom stereocenters. The van der Waals surface area contributed by atoms with E-state index < -0.39 is 5.97 Å². The Kier molecular flexibility index (Phi) is 5.52. The molecule has 0 saturated heterocycles. The summed E-state index contributed by atoms with van der Waals surface area (Å²) in [7, 11) is 0. The van der Waals surface area contributed by atoms with Crippen LogP contribution in [0.4, 0.5) is 0 Å². The molecule has 134 valence electrons. The highest BCUT2D eigenvalue weighted by atomic mass is 16.4. The summed E-state index contributed by atoms with van der Waals surface area (Å²) >= 11 is 0. The number of aromatic carboxylic acids is 1. The highest BCUT2D eigenvalue weighted by Gasteiger charge is 2.16. The Morgan fingerprint density at radius 3 is 2.50 bits per heavy atom. The topological polar surface area (TPSA) is 55.1 Å². The van der Waals surface area contributed by atoms with Gasteiger partial charge in [0.1, 0.15) is 0 Å². The van der Waals surface area contributed by atoms with E-state index in [0.717, 1.165) is 30.5 Å². The lowest BCUT2D eigenvalue weighted by Gasteiger charge is -2.12. The van der Waals surface area contributed by atoms with Crippen molar-refractivity contribution in [1.82, 2.24) is 9.55 Å². The van der Waals surface area contributed by atoms with E-state index in [1.165, 1.54) is 16.7 Å². The van der Waals surface area contributed by atoms with Crippen molar-refractivity contribution in [3.8, 4) is 11.1 Å². The maximum Gasteiger partial charge on any atom is 0.372 e. The first-order valence-electron chi connectivity index (χ1n) is 9.02. The van der Waals surface area contributed by atoms with E-state index in [0.29, 0.717) is 6.54 Å².